The molecule has 0 aromatic carbocycles. The fraction of sp³-hybridized carbons (Fsp3) is 0.550. The lowest BCUT2D eigenvalue weighted by atomic mass is 9.95. The van der Waals surface area contributed by atoms with E-state index in [0.717, 1.165) is 64.9 Å². The second kappa shape index (κ2) is 6.87. The first-order valence-corrected chi connectivity index (χ1v) is 10.8. The molecule has 142 valence electrons. The Morgan fingerprint density at radius 1 is 1.07 bits per heavy atom. The number of pyridine rings is 1. The quantitative estimate of drug-likeness (QED) is 0.732. The summed E-state index contributed by atoms with van der Waals surface area (Å²) in [5.74, 6) is 0. The van der Waals surface area contributed by atoms with Crippen LogP contribution in [0.5, 0.6) is 0 Å². The summed E-state index contributed by atoms with van der Waals surface area (Å²) in [5.41, 5.74) is 1.94. The highest BCUT2D eigenvalue weighted by Gasteiger charge is 2.24. The van der Waals surface area contributed by atoms with Gasteiger partial charge in [-0.15, -0.1) is 11.3 Å². The van der Waals surface area contributed by atoms with Crippen molar-refractivity contribution in [1.29, 1.82) is 0 Å². The highest BCUT2D eigenvalue weighted by molar-refractivity contribution is 7.25. The van der Waals surface area contributed by atoms with Crippen molar-refractivity contribution in [1.82, 2.24) is 14.5 Å². The number of rotatable bonds is 2. The van der Waals surface area contributed by atoms with Crippen LogP contribution in [0, 0.1) is 0 Å². The molecule has 3 aromatic heterocycles. The maximum Gasteiger partial charge on any atom is 0.271 e. The number of fused-ring (bicyclic) bond motifs is 3. The smallest absolute Gasteiger partial charge is 0.271 e. The Hall–Kier alpha value is -1.99. The number of aliphatic hydroxyl groups is 1. The molecule has 2 aliphatic rings. The van der Waals surface area contributed by atoms with Crippen LogP contribution >= 0.6 is 11.3 Å². The third kappa shape index (κ3) is 2.93. The predicted molar refractivity (Wildman–Crippen MR) is 109 cm³/mol. The van der Waals surface area contributed by atoms with Crippen LogP contribution in [-0.2, 0) is 0 Å². The molecule has 7 heteroatoms. The van der Waals surface area contributed by atoms with Gasteiger partial charge < -0.3 is 10.0 Å². The van der Waals surface area contributed by atoms with Crippen LogP contribution in [0.1, 0.15) is 51.0 Å². The number of thiophene rings is 1. The number of aliphatic hydroxyl groups excluding tert-OH is 1. The number of hydrogen-bond acceptors (Lipinski definition) is 6. The molecule has 6 nitrogen and oxygen atoms in total. The van der Waals surface area contributed by atoms with Gasteiger partial charge in [0.15, 0.2) is 0 Å². The third-order valence-corrected chi connectivity index (χ3v) is 7.13. The summed E-state index contributed by atoms with van der Waals surface area (Å²) in [5, 5.41) is 10.8. The van der Waals surface area contributed by atoms with Gasteiger partial charge in [-0.05, 0) is 31.7 Å². The van der Waals surface area contributed by atoms with Crippen molar-refractivity contribution in [3.63, 3.8) is 0 Å². The van der Waals surface area contributed by atoms with Crippen LogP contribution in [0.3, 0.4) is 0 Å². The van der Waals surface area contributed by atoms with Crippen molar-refractivity contribution in [2.24, 2.45) is 0 Å². The predicted octanol–water partition coefficient (Wildman–Crippen LogP) is 3.47. The number of aromatic nitrogens is 3. The van der Waals surface area contributed by atoms with Crippen molar-refractivity contribution in [2.75, 3.05) is 18.0 Å². The molecule has 0 unspecified atom stereocenters. The maximum absolute atomic E-state index is 13.2. The minimum atomic E-state index is -0.210. The molecule has 1 saturated carbocycles. The molecular formula is C20H24N4O2S. The van der Waals surface area contributed by atoms with Crippen molar-refractivity contribution in [3.05, 3.63) is 28.9 Å². The van der Waals surface area contributed by atoms with E-state index in [4.69, 9.17) is 4.98 Å². The zero-order valence-electron chi connectivity index (χ0n) is 15.3. The first-order chi connectivity index (χ1) is 13.2. The Kier molecular flexibility index (Phi) is 4.36. The Balaban J connectivity index is 1.63. The van der Waals surface area contributed by atoms with E-state index in [-0.39, 0.29) is 17.7 Å². The van der Waals surface area contributed by atoms with Crippen molar-refractivity contribution < 1.29 is 5.11 Å². The number of anilines is 1. The van der Waals surface area contributed by atoms with E-state index in [1.54, 1.807) is 6.33 Å². The molecule has 1 aliphatic carbocycles. The molecule has 0 radical (unpaired) electrons. The topological polar surface area (TPSA) is 71.2 Å². The average Bonchev–Trinajstić information content (AvgIpc) is 3.09. The minimum absolute atomic E-state index is 0.0786. The summed E-state index contributed by atoms with van der Waals surface area (Å²) in [6, 6.07) is 2.30. The van der Waals surface area contributed by atoms with Gasteiger partial charge in [0.2, 0.25) is 0 Å². The Bertz CT molecular complexity index is 1030. The fourth-order valence-electron chi connectivity index (χ4n) is 4.54. The first-order valence-electron chi connectivity index (χ1n) is 9.94. The summed E-state index contributed by atoms with van der Waals surface area (Å²) in [4.78, 5) is 25.6. The molecule has 4 heterocycles. The summed E-state index contributed by atoms with van der Waals surface area (Å²) in [7, 11) is 0. The van der Waals surface area contributed by atoms with Crippen molar-refractivity contribution in [2.45, 2.75) is 57.1 Å². The summed E-state index contributed by atoms with van der Waals surface area (Å²) < 4.78 is 2.57. The van der Waals surface area contributed by atoms with Gasteiger partial charge in [0.05, 0.1) is 29.0 Å². The largest absolute Gasteiger partial charge is 0.393 e. The molecule has 1 N–H and O–H groups in total. The van der Waals surface area contributed by atoms with Crippen LogP contribution in [0.15, 0.2) is 23.4 Å². The van der Waals surface area contributed by atoms with E-state index in [0.29, 0.717) is 0 Å². The lowest BCUT2D eigenvalue weighted by Gasteiger charge is -2.31. The highest BCUT2D eigenvalue weighted by atomic mass is 32.1. The minimum Gasteiger partial charge on any atom is -0.393 e. The molecule has 0 amide bonds. The van der Waals surface area contributed by atoms with Crippen LogP contribution in [0.2, 0.25) is 0 Å². The van der Waals surface area contributed by atoms with Crippen molar-refractivity contribution >= 4 is 37.5 Å². The lowest BCUT2D eigenvalue weighted by Crippen LogP contribution is -2.35. The number of hydrogen-bond donors (Lipinski definition) is 1. The average molecular weight is 385 g/mol. The molecule has 27 heavy (non-hydrogen) atoms. The molecule has 0 bridgehead atoms. The standard InChI is InChI=1S/C20H24N4O2S/c25-14-7-10-23(11-8-14)15-6-9-21-19-16(15)17-18(27-19)20(26)24(12-22-17)13-4-2-1-3-5-13/h6,9,12-14,25H,1-5,7-8,10-11H2. The summed E-state index contributed by atoms with van der Waals surface area (Å²) in [6.45, 7) is 1.63. The Morgan fingerprint density at radius 2 is 1.85 bits per heavy atom. The van der Waals surface area contributed by atoms with Gasteiger partial charge in [-0.2, -0.15) is 0 Å². The molecule has 5 rings (SSSR count). The van der Waals surface area contributed by atoms with Gasteiger partial charge >= 0.3 is 0 Å². The first kappa shape index (κ1) is 17.1. The second-order valence-electron chi connectivity index (χ2n) is 7.76. The molecule has 0 atom stereocenters. The molecule has 0 spiro atoms. The summed E-state index contributed by atoms with van der Waals surface area (Å²) >= 11 is 1.46. The van der Waals surface area contributed by atoms with E-state index in [2.05, 4.69) is 9.88 Å². The van der Waals surface area contributed by atoms with E-state index >= 15 is 0 Å². The zero-order valence-corrected chi connectivity index (χ0v) is 16.1. The highest BCUT2D eigenvalue weighted by Crippen LogP contribution is 2.37. The Morgan fingerprint density at radius 3 is 2.63 bits per heavy atom. The van der Waals surface area contributed by atoms with Crippen LogP contribution in [0.4, 0.5) is 5.69 Å². The SMILES string of the molecule is O=c1c2sc3nccc(N4CCC(O)CC4)c3c2ncn1C1CCCCC1. The molecule has 1 aliphatic heterocycles. The fourth-order valence-corrected chi connectivity index (χ4v) is 5.59. The van der Waals surface area contributed by atoms with Crippen LogP contribution < -0.4 is 10.5 Å². The van der Waals surface area contributed by atoms with E-state index in [1.807, 2.05) is 16.8 Å². The van der Waals surface area contributed by atoms with Gasteiger partial charge in [0.25, 0.3) is 5.56 Å². The van der Waals surface area contributed by atoms with Gasteiger partial charge in [-0.1, -0.05) is 19.3 Å². The normalized spacial score (nSPS) is 20.0. The number of nitrogens with zero attached hydrogens (tertiary/aromatic N) is 4. The molecule has 1 saturated heterocycles. The molecule has 3 aromatic rings. The van der Waals surface area contributed by atoms with Crippen LogP contribution in [0.25, 0.3) is 20.4 Å². The van der Waals surface area contributed by atoms with E-state index < -0.39 is 0 Å². The molecule has 2 fully saturated rings. The number of piperidine rings is 1. The molecular weight excluding hydrogens is 360 g/mol. The van der Waals surface area contributed by atoms with Gasteiger partial charge in [-0.3, -0.25) is 9.36 Å². The monoisotopic (exact) mass is 384 g/mol. The second-order valence-corrected chi connectivity index (χ2v) is 8.76. The van der Waals surface area contributed by atoms with Gasteiger partial charge in [0, 0.05) is 25.3 Å². The van der Waals surface area contributed by atoms with Gasteiger partial charge in [-0.25, -0.2) is 9.97 Å². The van der Waals surface area contributed by atoms with Crippen molar-refractivity contribution in [3.8, 4) is 0 Å². The van der Waals surface area contributed by atoms with E-state index in [9.17, 15) is 9.90 Å². The third-order valence-electron chi connectivity index (χ3n) is 6.06. The zero-order chi connectivity index (χ0) is 18.4. The van der Waals surface area contributed by atoms with Crippen LogP contribution in [-0.4, -0.2) is 38.8 Å². The van der Waals surface area contributed by atoms with Gasteiger partial charge in [0.1, 0.15) is 9.53 Å². The Labute approximate surface area is 161 Å². The maximum atomic E-state index is 13.2. The summed E-state index contributed by atoms with van der Waals surface area (Å²) in [6.07, 6.45) is 10.7. The van der Waals surface area contributed by atoms with E-state index in [1.165, 1.54) is 30.6 Å². The lowest BCUT2D eigenvalue weighted by molar-refractivity contribution is 0.145.